The average Bonchev–Trinajstić information content (AvgIpc) is 3.74. The van der Waals surface area contributed by atoms with E-state index >= 15 is 0 Å². The van der Waals surface area contributed by atoms with Gasteiger partial charge in [0.1, 0.15) is 17.7 Å². The maximum atomic E-state index is 14.2. The summed E-state index contributed by atoms with van der Waals surface area (Å²) in [5, 5.41) is 6.06. The minimum atomic E-state index is -0.904. The normalized spacial score (nSPS) is 15.1. The Balaban J connectivity index is 1.47. The third-order valence-electron chi connectivity index (χ3n) is 7.82. The minimum Gasteiger partial charge on any atom is -0.444 e. The van der Waals surface area contributed by atoms with Gasteiger partial charge in [-0.2, -0.15) is 0 Å². The van der Waals surface area contributed by atoms with Crippen LogP contribution in [0.15, 0.2) is 72.5 Å². The first-order valence-corrected chi connectivity index (χ1v) is 16.4. The first-order valence-electron chi connectivity index (χ1n) is 15.5. The van der Waals surface area contributed by atoms with Crippen LogP contribution < -0.4 is 5.32 Å². The van der Waals surface area contributed by atoms with Gasteiger partial charge in [0, 0.05) is 35.9 Å². The van der Waals surface area contributed by atoms with Gasteiger partial charge in [-0.25, -0.2) is 9.78 Å². The van der Waals surface area contributed by atoms with Crippen molar-refractivity contribution in [3.05, 3.63) is 83.6 Å². The van der Waals surface area contributed by atoms with Crippen LogP contribution in [0, 0.1) is 0 Å². The standard InChI is InChI=1S/C35H43N5O4S/c1-34(2,3)40(33(43)44-35(4,5)6)27(20-25-22-45-28-17-11-10-16-26(25)28)31(41)37-29-21-39(23-36-29)30(24-14-8-7-9-15-24)32(42)38-18-12-13-19-38/h7-11,14-17,21-23,27,30H,12-13,18-20H2,1-6H3,(H,37,41)/t27-,30?/m1/s1. The van der Waals surface area contributed by atoms with Crippen molar-refractivity contribution < 1.29 is 19.1 Å². The summed E-state index contributed by atoms with van der Waals surface area (Å²) in [6, 6.07) is 16.1. The van der Waals surface area contributed by atoms with E-state index in [1.165, 1.54) is 4.90 Å². The predicted octanol–water partition coefficient (Wildman–Crippen LogP) is 6.90. The number of carbonyl (C=O) groups excluding carboxylic acids is 3. The van der Waals surface area contributed by atoms with Gasteiger partial charge in [-0.05, 0) is 82.3 Å². The Labute approximate surface area is 269 Å². The largest absolute Gasteiger partial charge is 0.444 e. The molecule has 5 rings (SSSR count). The molecule has 2 aromatic heterocycles. The van der Waals surface area contributed by atoms with Crippen LogP contribution in [-0.2, 0) is 20.7 Å². The quantitative estimate of drug-likeness (QED) is 0.229. The summed E-state index contributed by atoms with van der Waals surface area (Å²) in [5.41, 5.74) is 0.329. The maximum Gasteiger partial charge on any atom is 0.411 e. The molecule has 3 heterocycles. The van der Waals surface area contributed by atoms with Gasteiger partial charge < -0.3 is 19.5 Å². The fraction of sp³-hybridized carbons (Fsp3) is 0.429. The van der Waals surface area contributed by atoms with Crippen LogP contribution in [0.2, 0.25) is 0 Å². The lowest BCUT2D eigenvalue weighted by molar-refractivity contribution is -0.132. The van der Waals surface area contributed by atoms with Gasteiger partial charge in [0.2, 0.25) is 11.8 Å². The average molecular weight is 630 g/mol. The van der Waals surface area contributed by atoms with E-state index in [0.717, 1.165) is 47.1 Å². The predicted molar refractivity (Wildman–Crippen MR) is 178 cm³/mol. The number of carbonyl (C=O) groups is 3. The minimum absolute atomic E-state index is 0.0000207. The van der Waals surface area contributed by atoms with Crippen LogP contribution in [0.3, 0.4) is 0 Å². The molecule has 0 bridgehead atoms. The Morgan fingerprint density at radius 3 is 2.31 bits per heavy atom. The number of anilines is 1. The Morgan fingerprint density at radius 2 is 1.64 bits per heavy atom. The van der Waals surface area contributed by atoms with Crippen LogP contribution in [0.4, 0.5) is 10.6 Å². The fourth-order valence-corrected chi connectivity index (χ4v) is 6.80. The molecule has 9 nitrogen and oxygen atoms in total. The number of hydrogen-bond acceptors (Lipinski definition) is 6. The number of nitrogens with one attached hydrogen (secondary N) is 1. The molecule has 1 saturated heterocycles. The van der Waals surface area contributed by atoms with Gasteiger partial charge in [0.15, 0.2) is 5.82 Å². The number of ether oxygens (including phenoxy) is 1. The lowest BCUT2D eigenvalue weighted by Gasteiger charge is -2.41. The summed E-state index contributed by atoms with van der Waals surface area (Å²) in [7, 11) is 0. The molecule has 3 amide bonds. The van der Waals surface area contributed by atoms with Gasteiger partial charge in [-0.15, -0.1) is 11.3 Å². The van der Waals surface area contributed by atoms with E-state index in [1.807, 2.05) is 106 Å². The summed E-state index contributed by atoms with van der Waals surface area (Å²) in [6.45, 7) is 12.6. The van der Waals surface area contributed by atoms with Gasteiger partial charge >= 0.3 is 6.09 Å². The number of imidazole rings is 1. The number of likely N-dealkylation sites (tertiary alicyclic amines) is 1. The van der Waals surface area contributed by atoms with Crippen LogP contribution in [0.5, 0.6) is 0 Å². The SMILES string of the molecule is CC(C)(C)OC(=O)N([C@H](Cc1csc2ccccc12)C(=O)Nc1cn(C(C(=O)N2CCCC2)c2ccccc2)cn1)C(C)(C)C. The van der Waals surface area contributed by atoms with Crippen molar-refractivity contribution in [2.75, 3.05) is 18.4 Å². The molecule has 1 N–H and O–H groups in total. The first-order chi connectivity index (χ1) is 21.3. The van der Waals surface area contributed by atoms with Crippen molar-refractivity contribution >= 4 is 45.1 Å². The number of fused-ring (bicyclic) bond motifs is 1. The van der Waals surface area contributed by atoms with Gasteiger partial charge in [0.05, 0.1) is 6.33 Å². The molecule has 2 aromatic carbocycles. The van der Waals surface area contributed by atoms with Gasteiger partial charge in [-0.3, -0.25) is 14.5 Å². The van der Waals surface area contributed by atoms with Crippen molar-refractivity contribution in [1.29, 1.82) is 0 Å². The van der Waals surface area contributed by atoms with Crippen molar-refractivity contribution in [2.45, 2.75) is 84.0 Å². The number of thiophene rings is 1. The van der Waals surface area contributed by atoms with Crippen molar-refractivity contribution in [2.24, 2.45) is 0 Å². The lowest BCUT2D eigenvalue weighted by atomic mass is 9.97. The Hall–Kier alpha value is -4.18. The summed E-state index contributed by atoms with van der Waals surface area (Å²) in [5.74, 6) is -0.0909. The highest BCUT2D eigenvalue weighted by Crippen LogP contribution is 2.31. The maximum absolute atomic E-state index is 14.2. The highest BCUT2D eigenvalue weighted by molar-refractivity contribution is 7.17. The topological polar surface area (TPSA) is 96.8 Å². The van der Waals surface area contributed by atoms with Crippen LogP contribution in [0.1, 0.15) is 71.6 Å². The number of benzene rings is 2. The Bertz CT molecular complexity index is 1640. The van der Waals surface area contributed by atoms with Crippen molar-refractivity contribution in [3.8, 4) is 0 Å². The molecule has 1 fully saturated rings. The highest BCUT2D eigenvalue weighted by Gasteiger charge is 2.40. The molecule has 45 heavy (non-hydrogen) atoms. The second-order valence-electron chi connectivity index (χ2n) is 13.5. The fourth-order valence-electron chi connectivity index (χ4n) is 5.82. The zero-order valence-electron chi connectivity index (χ0n) is 26.9. The molecule has 1 unspecified atom stereocenters. The monoisotopic (exact) mass is 629 g/mol. The van der Waals surface area contributed by atoms with E-state index in [1.54, 1.807) is 28.4 Å². The van der Waals surface area contributed by atoms with E-state index in [4.69, 9.17) is 4.74 Å². The highest BCUT2D eigenvalue weighted by atomic mass is 32.1. The number of amides is 3. The third kappa shape index (κ3) is 7.56. The zero-order valence-corrected chi connectivity index (χ0v) is 27.8. The molecule has 10 heteroatoms. The molecule has 238 valence electrons. The van der Waals surface area contributed by atoms with Crippen LogP contribution in [0.25, 0.3) is 10.1 Å². The van der Waals surface area contributed by atoms with Gasteiger partial charge in [-0.1, -0.05) is 48.5 Å². The number of rotatable bonds is 8. The van der Waals surface area contributed by atoms with Crippen molar-refractivity contribution in [3.63, 3.8) is 0 Å². The Kier molecular flexibility index (Phi) is 9.34. The molecular weight excluding hydrogens is 586 g/mol. The zero-order chi connectivity index (χ0) is 32.4. The molecule has 0 radical (unpaired) electrons. The number of nitrogens with zero attached hydrogens (tertiary/aromatic N) is 4. The molecular formula is C35H43N5O4S. The van der Waals surface area contributed by atoms with E-state index in [9.17, 15) is 14.4 Å². The van der Waals surface area contributed by atoms with E-state index < -0.39 is 35.2 Å². The molecule has 0 saturated carbocycles. The van der Waals surface area contributed by atoms with Crippen LogP contribution >= 0.6 is 11.3 Å². The van der Waals surface area contributed by atoms with Gasteiger partial charge in [0.25, 0.3) is 0 Å². The van der Waals surface area contributed by atoms with Crippen LogP contribution in [-0.4, -0.2) is 67.5 Å². The smallest absolute Gasteiger partial charge is 0.411 e. The Morgan fingerprint density at radius 1 is 0.978 bits per heavy atom. The summed E-state index contributed by atoms with van der Waals surface area (Å²) >= 11 is 1.61. The molecule has 1 aliphatic heterocycles. The van der Waals surface area contributed by atoms with E-state index in [0.29, 0.717) is 5.82 Å². The van der Waals surface area contributed by atoms with E-state index in [-0.39, 0.29) is 12.3 Å². The second kappa shape index (κ2) is 13.0. The molecule has 1 aliphatic rings. The third-order valence-corrected chi connectivity index (χ3v) is 8.83. The summed E-state index contributed by atoms with van der Waals surface area (Å²) < 4.78 is 8.68. The molecule has 0 spiro atoms. The molecule has 4 aromatic rings. The first kappa shape index (κ1) is 32.2. The molecule has 2 atom stereocenters. The lowest BCUT2D eigenvalue weighted by Crippen LogP contribution is -2.57. The second-order valence-corrected chi connectivity index (χ2v) is 14.5. The summed E-state index contributed by atoms with van der Waals surface area (Å²) in [6.07, 6.45) is 4.96. The number of hydrogen-bond donors (Lipinski definition) is 1. The summed E-state index contributed by atoms with van der Waals surface area (Å²) in [4.78, 5) is 49.6. The van der Waals surface area contributed by atoms with Crippen molar-refractivity contribution in [1.82, 2.24) is 19.4 Å². The molecule has 0 aliphatic carbocycles. The van der Waals surface area contributed by atoms with E-state index in [2.05, 4.69) is 10.3 Å². The number of aromatic nitrogens is 2.